The lowest BCUT2D eigenvalue weighted by atomic mass is 10.1. The SMILES string of the molecule is N#Cc1ccc(C(=O)COc2ccc(CCO)cc2)cc1. The summed E-state index contributed by atoms with van der Waals surface area (Å²) in [7, 11) is 0. The second kappa shape index (κ2) is 7.22. The van der Waals surface area contributed by atoms with Crippen molar-refractivity contribution >= 4 is 5.78 Å². The molecule has 1 N–H and O–H groups in total. The maximum atomic E-state index is 11.9. The second-order valence-corrected chi connectivity index (χ2v) is 4.52. The highest BCUT2D eigenvalue weighted by Gasteiger charge is 2.07. The molecule has 0 unspecified atom stereocenters. The van der Waals surface area contributed by atoms with Gasteiger partial charge in [0, 0.05) is 12.2 Å². The number of nitriles is 1. The zero-order chi connectivity index (χ0) is 15.1. The van der Waals surface area contributed by atoms with Gasteiger partial charge in [0.1, 0.15) is 5.75 Å². The Morgan fingerprint density at radius 2 is 1.76 bits per heavy atom. The maximum Gasteiger partial charge on any atom is 0.200 e. The van der Waals surface area contributed by atoms with E-state index in [0.29, 0.717) is 23.3 Å². The molecule has 0 amide bonds. The molecule has 2 aromatic rings. The van der Waals surface area contributed by atoms with Gasteiger partial charge in [0.15, 0.2) is 12.4 Å². The van der Waals surface area contributed by atoms with Crippen LogP contribution in [0.1, 0.15) is 21.5 Å². The molecule has 0 atom stereocenters. The smallest absolute Gasteiger partial charge is 0.200 e. The van der Waals surface area contributed by atoms with E-state index in [2.05, 4.69) is 0 Å². The summed E-state index contributed by atoms with van der Waals surface area (Å²) in [4.78, 5) is 11.9. The molecule has 21 heavy (non-hydrogen) atoms. The molecule has 0 spiro atoms. The van der Waals surface area contributed by atoms with E-state index in [0.717, 1.165) is 5.56 Å². The number of rotatable bonds is 6. The lowest BCUT2D eigenvalue weighted by Crippen LogP contribution is -2.11. The molecule has 4 nitrogen and oxygen atoms in total. The van der Waals surface area contributed by atoms with Crippen LogP contribution in [-0.2, 0) is 6.42 Å². The quantitative estimate of drug-likeness (QED) is 0.825. The van der Waals surface area contributed by atoms with E-state index in [4.69, 9.17) is 15.1 Å². The van der Waals surface area contributed by atoms with E-state index in [1.54, 1.807) is 36.4 Å². The highest BCUT2D eigenvalue weighted by molar-refractivity contribution is 5.97. The van der Waals surface area contributed by atoms with Crippen molar-refractivity contribution in [1.82, 2.24) is 0 Å². The minimum absolute atomic E-state index is 0.0504. The molecule has 0 saturated heterocycles. The van der Waals surface area contributed by atoms with Gasteiger partial charge in [0.05, 0.1) is 11.6 Å². The number of carbonyl (C=O) groups excluding carboxylic acids is 1. The molecular weight excluding hydrogens is 266 g/mol. The van der Waals surface area contributed by atoms with Crippen LogP contribution in [0.2, 0.25) is 0 Å². The number of Topliss-reactive ketones (excluding diaryl/α,β-unsaturated/α-hetero) is 1. The number of ether oxygens (including phenoxy) is 1. The van der Waals surface area contributed by atoms with Crippen molar-refractivity contribution in [3.8, 4) is 11.8 Å². The van der Waals surface area contributed by atoms with Crippen molar-refractivity contribution in [3.05, 3.63) is 65.2 Å². The van der Waals surface area contributed by atoms with E-state index >= 15 is 0 Å². The van der Waals surface area contributed by atoms with Crippen LogP contribution in [-0.4, -0.2) is 24.1 Å². The van der Waals surface area contributed by atoms with E-state index < -0.39 is 0 Å². The van der Waals surface area contributed by atoms with Crippen molar-refractivity contribution in [2.45, 2.75) is 6.42 Å². The number of aliphatic hydroxyl groups excluding tert-OH is 1. The zero-order valence-electron chi connectivity index (χ0n) is 11.5. The predicted molar refractivity (Wildman–Crippen MR) is 78.2 cm³/mol. The van der Waals surface area contributed by atoms with Crippen molar-refractivity contribution in [1.29, 1.82) is 5.26 Å². The summed E-state index contributed by atoms with van der Waals surface area (Å²) >= 11 is 0. The third-order valence-corrected chi connectivity index (χ3v) is 3.03. The fraction of sp³-hybridized carbons (Fsp3) is 0.176. The van der Waals surface area contributed by atoms with Gasteiger partial charge >= 0.3 is 0 Å². The Kier molecular flexibility index (Phi) is 5.08. The zero-order valence-corrected chi connectivity index (χ0v) is 11.5. The molecule has 0 fully saturated rings. The third kappa shape index (κ3) is 4.16. The van der Waals surface area contributed by atoms with E-state index in [9.17, 15) is 4.79 Å². The van der Waals surface area contributed by atoms with Crippen molar-refractivity contribution < 1.29 is 14.6 Å². The van der Waals surface area contributed by atoms with Crippen LogP contribution in [0, 0.1) is 11.3 Å². The molecule has 0 heterocycles. The van der Waals surface area contributed by atoms with Gasteiger partial charge in [-0.1, -0.05) is 12.1 Å². The maximum absolute atomic E-state index is 11.9. The number of ketones is 1. The van der Waals surface area contributed by atoms with Crippen LogP contribution in [0.25, 0.3) is 0 Å². The largest absolute Gasteiger partial charge is 0.485 e. The number of benzene rings is 2. The first kappa shape index (κ1) is 14.8. The van der Waals surface area contributed by atoms with Gasteiger partial charge in [-0.05, 0) is 48.4 Å². The molecule has 0 saturated carbocycles. The summed E-state index contributed by atoms with van der Waals surface area (Å²) in [6, 6.07) is 15.7. The van der Waals surface area contributed by atoms with Gasteiger partial charge in [0.25, 0.3) is 0 Å². The topological polar surface area (TPSA) is 70.3 Å². The normalized spacial score (nSPS) is 9.90. The Labute approximate surface area is 123 Å². The number of hydrogen-bond donors (Lipinski definition) is 1. The number of carbonyl (C=O) groups is 1. The third-order valence-electron chi connectivity index (χ3n) is 3.03. The molecule has 2 rings (SSSR count). The molecular formula is C17H15NO3. The number of hydrogen-bond acceptors (Lipinski definition) is 4. The van der Waals surface area contributed by atoms with Gasteiger partial charge in [0.2, 0.25) is 0 Å². The Bertz CT molecular complexity index is 639. The highest BCUT2D eigenvalue weighted by Crippen LogP contribution is 2.13. The number of nitrogens with zero attached hydrogens (tertiary/aromatic N) is 1. The van der Waals surface area contributed by atoms with E-state index in [-0.39, 0.29) is 19.0 Å². The average Bonchev–Trinajstić information content (AvgIpc) is 2.54. The molecule has 0 aliphatic rings. The molecule has 0 aromatic heterocycles. The van der Waals surface area contributed by atoms with Crippen LogP contribution in [0.5, 0.6) is 5.75 Å². The lowest BCUT2D eigenvalue weighted by Gasteiger charge is -2.06. The van der Waals surface area contributed by atoms with Gasteiger partial charge in [-0.3, -0.25) is 4.79 Å². The Balaban J connectivity index is 1.92. The van der Waals surface area contributed by atoms with Crippen LogP contribution in [0.15, 0.2) is 48.5 Å². The first-order chi connectivity index (χ1) is 10.2. The molecule has 4 heteroatoms. The van der Waals surface area contributed by atoms with Crippen LogP contribution < -0.4 is 4.74 Å². The minimum atomic E-state index is -0.140. The molecule has 2 aromatic carbocycles. The first-order valence-corrected chi connectivity index (χ1v) is 6.59. The lowest BCUT2D eigenvalue weighted by molar-refractivity contribution is 0.0921. The monoisotopic (exact) mass is 281 g/mol. The molecule has 0 aliphatic carbocycles. The second-order valence-electron chi connectivity index (χ2n) is 4.52. The summed E-state index contributed by atoms with van der Waals surface area (Å²) in [6.45, 7) is 0.0582. The van der Waals surface area contributed by atoms with Gasteiger partial charge in [-0.15, -0.1) is 0 Å². The standard InChI is InChI=1S/C17H15NO3/c18-11-14-1-5-15(6-2-14)17(20)12-21-16-7-3-13(4-8-16)9-10-19/h1-8,19H,9-10,12H2. The average molecular weight is 281 g/mol. The highest BCUT2D eigenvalue weighted by atomic mass is 16.5. The van der Waals surface area contributed by atoms with Crippen molar-refractivity contribution in [2.24, 2.45) is 0 Å². The van der Waals surface area contributed by atoms with Gasteiger partial charge in [-0.2, -0.15) is 5.26 Å². The molecule has 0 aliphatic heterocycles. The molecule has 0 bridgehead atoms. The minimum Gasteiger partial charge on any atom is -0.485 e. The predicted octanol–water partition coefficient (Wildman–Crippen LogP) is 2.35. The van der Waals surface area contributed by atoms with Crippen LogP contribution in [0.3, 0.4) is 0 Å². The summed E-state index contributed by atoms with van der Waals surface area (Å²) in [5.74, 6) is 0.470. The summed E-state index contributed by atoms with van der Waals surface area (Å²) in [6.07, 6.45) is 0.602. The van der Waals surface area contributed by atoms with Gasteiger partial charge < -0.3 is 9.84 Å². The van der Waals surface area contributed by atoms with Gasteiger partial charge in [-0.25, -0.2) is 0 Å². The van der Waals surface area contributed by atoms with Crippen LogP contribution in [0.4, 0.5) is 0 Å². The molecule has 106 valence electrons. The fourth-order valence-corrected chi connectivity index (χ4v) is 1.84. The Morgan fingerprint density at radius 3 is 2.33 bits per heavy atom. The number of aliphatic hydroxyl groups is 1. The van der Waals surface area contributed by atoms with Crippen molar-refractivity contribution in [2.75, 3.05) is 13.2 Å². The van der Waals surface area contributed by atoms with E-state index in [1.807, 2.05) is 18.2 Å². The summed E-state index contributed by atoms with van der Waals surface area (Å²) in [5.41, 5.74) is 2.06. The van der Waals surface area contributed by atoms with Crippen LogP contribution >= 0.6 is 0 Å². The molecule has 0 radical (unpaired) electrons. The Morgan fingerprint density at radius 1 is 1.10 bits per heavy atom. The first-order valence-electron chi connectivity index (χ1n) is 6.59. The van der Waals surface area contributed by atoms with Crippen molar-refractivity contribution in [3.63, 3.8) is 0 Å². The Hall–Kier alpha value is -2.64. The van der Waals surface area contributed by atoms with E-state index in [1.165, 1.54) is 0 Å². The summed E-state index contributed by atoms with van der Waals surface area (Å²) in [5, 5.41) is 17.5. The summed E-state index contributed by atoms with van der Waals surface area (Å²) < 4.78 is 5.43. The fourth-order valence-electron chi connectivity index (χ4n) is 1.84.